The van der Waals surface area contributed by atoms with Crippen molar-refractivity contribution in [2.24, 2.45) is 0 Å². The van der Waals surface area contributed by atoms with E-state index in [1.807, 2.05) is 17.9 Å². The first-order valence-electron chi connectivity index (χ1n) is 6.98. The lowest BCUT2D eigenvalue weighted by atomic mass is 10.1. The van der Waals surface area contributed by atoms with Gasteiger partial charge in [-0.2, -0.15) is 0 Å². The van der Waals surface area contributed by atoms with Crippen molar-refractivity contribution in [2.75, 3.05) is 26.2 Å². The van der Waals surface area contributed by atoms with Gasteiger partial charge in [-0.05, 0) is 19.9 Å². The lowest BCUT2D eigenvalue weighted by molar-refractivity contribution is -0.150. The van der Waals surface area contributed by atoms with Gasteiger partial charge in [0.1, 0.15) is 11.9 Å². The Labute approximate surface area is 118 Å². The summed E-state index contributed by atoms with van der Waals surface area (Å²) in [4.78, 5) is 13.9. The second kappa shape index (κ2) is 6.81. The van der Waals surface area contributed by atoms with Gasteiger partial charge in [-0.25, -0.2) is 4.39 Å². The molecule has 1 aromatic rings. The molecule has 0 saturated carbocycles. The normalized spacial score (nSPS) is 19.9. The molecule has 20 heavy (non-hydrogen) atoms. The Hall–Kier alpha value is -1.46. The van der Waals surface area contributed by atoms with E-state index in [2.05, 4.69) is 5.32 Å². The maximum atomic E-state index is 13.8. The van der Waals surface area contributed by atoms with E-state index in [1.165, 1.54) is 6.07 Å². The highest BCUT2D eigenvalue weighted by Gasteiger charge is 2.30. The number of benzene rings is 1. The molecule has 1 saturated heterocycles. The van der Waals surface area contributed by atoms with E-state index < -0.39 is 0 Å². The minimum absolute atomic E-state index is 0.225. The Kier molecular flexibility index (Phi) is 5.09. The molecule has 0 aliphatic carbocycles. The molecular weight excluding hydrogens is 259 g/mol. The van der Waals surface area contributed by atoms with Crippen molar-refractivity contribution >= 4 is 5.97 Å². The lowest BCUT2D eigenvalue weighted by Crippen LogP contribution is -2.54. The Morgan fingerprint density at radius 2 is 2.35 bits per heavy atom. The number of nitrogens with zero attached hydrogens (tertiary/aromatic N) is 1. The second-order valence-electron chi connectivity index (χ2n) is 5.04. The first kappa shape index (κ1) is 14.9. The van der Waals surface area contributed by atoms with Crippen LogP contribution in [-0.4, -0.2) is 43.2 Å². The van der Waals surface area contributed by atoms with Gasteiger partial charge < -0.3 is 10.1 Å². The number of rotatable bonds is 4. The summed E-state index contributed by atoms with van der Waals surface area (Å²) in [6.45, 7) is 6.56. The highest BCUT2D eigenvalue weighted by Crippen LogP contribution is 2.16. The third-order valence-electron chi connectivity index (χ3n) is 3.49. The summed E-state index contributed by atoms with van der Waals surface area (Å²) in [5.41, 5.74) is 1.64. The molecule has 0 spiro atoms. The first-order valence-corrected chi connectivity index (χ1v) is 6.98. The van der Waals surface area contributed by atoms with E-state index in [0.717, 1.165) is 12.1 Å². The van der Waals surface area contributed by atoms with E-state index in [0.29, 0.717) is 31.8 Å². The van der Waals surface area contributed by atoms with Crippen LogP contribution in [0.25, 0.3) is 0 Å². The van der Waals surface area contributed by atoms with Crippen LogP contribution < -0.4 is 5.32 Å². The molecule has 5 heteroatoms. The van der Waals surface area contributed by atoms with Crippen molar-refractivity contribution in [1.82, 2.24) is 10.2 Å². The summed E-state index contributed by atoms with van der Waals surface area (Å²) in [7, 11) is 0. The number of halogens is 1. The summed E-state index contributed by atoms with van der Waals surface area (Å²) in [5.74, 6) is -0.468. The van der Waals surface area contributed by atoms with Crippen LogP contribution in [0, 0.1) is 12.7 Å². The molecule has 1 aliphatic heterocycles. The van der Waals surface area contributed by atoms with Crippen molar-refractivity contribution in [2.45, 2.75) is 26.4 Å². The highest BCUT2D eigenvalue weighted by atomic mass is 19.1. The van der Waals surface area contributed by atoms with Crippen LogP contribution >= 0.6 is 0 Å². The topological polar surface area (TPSA) is 41.6 Å². The lowest BCUT2D eigenvalue weighted by Gasteiger charge is -2.34. The van der Waals surface area contributed by atoms with Gasteiger partial charge in [0.2, 0.25) is 0 Å². The molecule has 0 amide bonds. The van der Waals surface area contributed by atoms with E-state index in [4.69, 9.17) is 4.74 Å². The molecule has 1 fully saturated rings. The van der Waals surface area contributed by atoms with Gasteiger partial charge in [-0.3, -0.25) is 9.69 Å². The van der Waals surface area contributed by atoms with Crippen LogP contribution in [0.4, 0.5) is 4.39 Å². The third kappa shape index (κ3) is 3.55. The smallest absolute Gasteiger partial charge is 0.324 e. The number of aryl methyl sites for hydroxylation is 1. The van der Waals surface area contributed by atoms with Crippen molar-refractivity contribution in [3.63, 3.8) is 0 Å². The zero-order chi connectivity index (χ0) is 14.5. The number of hydrogen-bond donors (Lipinski definition) is 1. The number of carbonyl (C=O) groups is 1. The summed E-state index contributed by atoms with van der Waals surface area (Å²) in [5, 5.41) is 3.18. The van der Waals surface area contributed by atoms with E-state index in [9.17, 15) is 9.18 Å². The molecule has 1 heterocycles. The van der Waals surface area contributed by atoms with Crippen LogP contribution in [0.2, 0.25) is 0 Å². The van der Waals surface area contributed by atoms with Gasteiger partial charge >= 0.3 is 5.97 Å². The molecular formula is C15H21FN2O2. The summed E-state index contributed by atoms with van der Waals surface area (Å²) in [6.07, 6.45) is 0. The molecule has 0 bridgehead atoms. The molecule has 1 aliphatic rings. The average molecular weight is 280 g/mol. The fourth-order valence-electron chi connectivity index (χ4n) is 2.45. The highest BCUT2D eigenvalue weighted by molar-refractivity contribution is 5.76. The standard InChI is InChI=1S/C15H21FN2O2/c1-3-20-15(19)14-9-17-6-7-18(14)10-12-8-11(2)4-5-13(12)16/h4-5,8,14,17H,3,6-7,9-10H2,1-2H3. The Balaban J connectivity index is 2.12. The Morgan fingerprint density at radius 1 is 1.55 bits per heavy atom. The zero-order valence-electron chi connectivity index (χ0n) is 12.0. The molecule has 2 rings (SSSR count). The largest absolute Gasteiger partial charge is 0.465 e. The van der Waals surface area contributed by atoms with E-state index in [-0.39, 0.29) is 17.8 Å². The van der Waals surface area contributed by atoms with Crippen LogP contribution in [0.3, 0.4) is 0 Å². The fraction of sp³-hybridized carbons (Fsp3) is 0.533. The summed E-state index contributed by atoms with van der Waals surface area (Å²) < 4.78 is 18.9. The Morgan fingerprint density at radius 3 is 3.10 bits per heavy atom. The molecule has 4 nitrogen and oxygen atoms in total. The van der Waals surface area contributed by atoms with E-state index >= 15 is 0 Å². The number of ether oxygens (including phenoxy) is 1. The molecule has 0 aromatic heterocycles. The molecule has 1 aromatic carbocycles. The Bertz CT molecular complexity index is 479. The zero-order valence-corrected chi connectivity index (χ0v) is 12.0. The third-order valence-corrected chi connectivity index (χ3v) is 3.49. The number of esters is 1. The minimum atomic E-state index is -0.344. The monoisotopic (exact) mass is 280 g/mol. The van der Waals surface area contributed by atoms with Crippen LogP contribution in [0.1, 0.15) is 18.1 Å². The van der Waals surface area contributed by atoms with Gasteiger partial charge in [0.05, 0.1) is 6.61 Å². The maximum Gasteiger partial charge on any atom is 0.324 e. The average Bonchev–Trinajstić information content (AvgIpc) is 2.44. The molecule has 1 N–H and O–H groups in total. The second-order valence-corrected chi connectivity index (χ2v) is 5.04. The summed E-state index contributed by atoms with van der Waals surface area (Å²) in [6, 6.07) is 4.72. The van der Waals surface area contributed by atoms with Crippen LogP contribution in [0.15, 0.2) is 18.2 Å². The van der Waals surface area contributed by atoms with Crippen LogP contribution in [0.5, 0.6) is 0 Å². The quantitative estimate of drug-likeness (QED) is 0.848. The summed E-state index contributed by atoms with van der Waals surface area (Å²) >= 11 is 0. The molecule has 1 unspecified atom stereocenters. The predicted molar refractivity (Wildman–Crippen MR) is 74.8 cm³/mol. The molecule has 110 valence electrons. The maximum absolute atomic E-state index is 13.8. The van der Waals surface area contributed by atoms with Gasteiger partial charge in [0.25, 0.3) is 0 Å². The number of hydrogen-bond acceptors (Lipinski definition) is 4. The van der Waals surface area contributed by atoms with Crippen molar-refractivity contribution in [3.05, 3.63) is 35.1 Å². The number of piperazine rings is 1. The molecule has 1 atom stereocenters. The van der Waals surface area contributed by atoms with Crippen molar-refractivity contribution in [1.29, 1.82) is 0 Å². The van der Waals surface area contributed by atoms with E-state index in [1.54, 1.807) is 13.0 Å². The number of nitrogens with one attached hydrogen (secondary N) is 1. The van der Waals surface area contributed by atoms with Gasteiger partial charge in [0, 0.05) is 31.7 Å². The van der Waals surface area contributed by atoms with Crippen LogP contribution in [-0.2, 0) is 16.1 Å². The number of carbonyl (C=O) groups excluding carboxylic acids is 1. The van der Waals surface area contributed by atoms with Gasteiger partial charge in [0.15, 0.2) is 0 Å². The van der Waals surface area contributed by atoms with Crippen molar-refractivity contribution < 1.29 is 13.9 Å². The SMILES string of the molecule is CCOC(=O)C1CNCCN1Cc1cc(C)ccc1F. The minimum Gasteiger partial charge on any atom is -0.465 e. The first-order chi connectivity index (χ1) is 9.61. The van der Waals surface area contributed by atoms with Crippen molar-refractivity contribution in [3.8, 4) is 0 Å². The predicted octanol–water partition coefficient (Wildman–Crippen LogP) is 1.47. The van der Waals surface area contributed by atoms with Gasteiger partial charge in [-0.15, -0.1) is 0 Å². The fourth-order valence-corrected chi connectivity index (χ4v) is 2.45. The molecule has 0 radical (unpaired) electrons. The van der Waals surface area contributed by atoms with Gasteiger partial charge in [-0.1, -0.05) is 17.7 Å².